The van der Waals surface area contributed by atoms with Crippen molar-refractivity contribution < 1.29 is 13.2 Å². The maximum absolute atomic E-state index is 12.7. The van der Waals surface area contributed by atoms with E-state index in [-0.39, 0.29) is 10.8 Å². The Balaban J connectivity index is 1.56. The van der Waals surface area contributed by atoms with Gasteiger partial charge in [-0.15, -0.1) is 0 Å². The van der Waals surface area contributed by atoms with E-state index in [1.54, 1.807) is 25.3 Å². The van der Waals surface area contributed by atoms with Crippen LogP contribution in [-0.2, 0) is 14.8 Å². The van der Waals surface area contributed by atoms with Crippen LogP contribution in [0.2, 0.25) is 0 Å². The Morgan fingerprint density at radius 2 is 1.96 bits per heavy atom. The van der Waals surface area contributed by atoms with Crippen LogP contribution < -0.4 is 14.9 Å². The van der Waals surface area contributed by atoms with E-state index in [1.165, 1.54) is 13.0 Å². The van der Waals surface area contributed by atoms with Gasteiger partial charge in [0.25, 0.3) is 0 Å². The molecule has 3 rings (SSSR count). The number of anilines is 2. The molecule has 1 amide bonds. The molecule has 28 heavy (non-hydrogen) atoms. The van der Waals surface area contributed by atoms with Gasteiger partial charge in [-0.3, -0.25) is 4.79 Å². The van der Waals surface area contributed by atoms with Gasteiger partial charge >= 0.3 is 0 Å². The second-order valence-corrected chi connectivity index (χ2v) is 8.87. The summed E-state index contributed by atoms with van der Waals surface area (Å²) in [6.07, 6.45) is 3.62. The fourth-order valence-electron chi connectivity index (χ4n) is 3.44. The van der Waals surface area contributed by atoms with Crippen LogP contribution in [0.15, 0.2) is 47.5 Å². The molecule has 0 atom stereocenters. The number of rotatable bonds is 6. The normalized spacial score (nSPS) is 15.4. The summed E-state index contributed by atoms with van der Waals surface area (Å²) in [5.41, 5.74) is 1.19. The second kappa shape index (κ2) is 8.70. The third kappa shape index (κ3) is 5.08. The summed E-state index contributed by atoms with van der Waals surface area (Å²) in [5.74, 6) is 1.08. The van der Waals surface area contributed by atoms with Crippen molar-refractivity contribution in [2.24, 2.45) is 5.92 Å². The molecule has 0 radical (unpaired) electrons. The first-order chi connectivity index (χ1) is 13.3. The Hall–Kier alpha value is -2.45. The lowest BCUT2D eigenvalue weighted by Gasteiger charge is -2.32. The Morgan fingerprint density at radius 3 is 2.57 bits per heavy atom. The number of hydrogen-bond acceptors (Lipinski definition) is 5. The first-order valence-corrected chi connectivity index (χ1v) is 10.9. The number of piperidine rings is 1. The summed E-state index contributed by atoms with van der Waals surface area (Å²) in [6, 6.07) is 10.7. The monoisotopic (exact) mass is 402 g/mol. The summed E-state index contributed by atoms with van der Waals surface area (Å²) < 4.78 is 28.1. The van der Waals surface area contributed by atoms with Crippen molar-refractivity contribution in [3.8, 4) is 0 Å². The number of benzene rings is 1. The van der Waals surface area contributed by atoms with Gasteiger partial charge in [0, 0.05) is 38.4 Å². The molecule has 0 saturated carbocycles. The third-order valence-electron chi connectivity index (χ3n) is 4.93. The van der Waals surface area contributed by atoms with Crippen molar-refractivity contribution in [3.05, 3.63) is 48.2 Å². The Labute approximate surface area is 166 Å². The lowest BCUT2D eigenvalue weighted by molar-refractivity contribution is -0.114. The number of hydrogen-bond donors (Lipinski definition) is 2. The lowest BCUT2D eigenvalue weighted by Crippen LogP contribution is -2.39. The van der Waals surface area contributed by atoms with Crippen LogP contribution in [0, 0.1) is 12.8 Å². The molecule has 0 aliphatic carbocycles. The summed E-state index contributed by atoms with van der Waals surface area (Å²) in [5, 5.41) is 2.66. The SMILES string of the molecule is CC(=O)Nc1ccc(S(=O)(=O)NCC2CCN(c3ccccn3)CC2)c(C)c1. The van der Waals surface area contributed by atoms with E-state index in [4.69, 9.17) is 0 Å². The van der Waals surface area contributed by atoms with Crippen LogP contribution in [0.3, 0.4) is 0 Å². The van der Waals surface area contributed by atoms with Crippen LogP contribution in [0.4, 0.5) is 11.5 Å². The second-order valence-electron chi connectivity index (χ2n) is 7.13. The van der Waals surface area contributed by atoms with Gasteiger partial charge < -0.3 is 10.2 Å². The van der Waals surface area contributed by atoms with Gasteiger partial charge in [-0.25, -0.2) is 18.1 Å². The highest BCUT2D eigenvalue weighted by Crippen LogP contribution is 2.23. The molecule has 2 N–H and O–H groups in total. The van der Waals surface area contributed by atoms with E-state index in [0.29, 0.717) is 23.7 Å². The van der Waals surface area contributed by atoms with Crippen LogP contribution in [-0.4, -0.2) is 38.9 Å². The highest BCUT2D eigenvalue weighted by atomic mass is 32.2. The molecule has 1 aromatic carbocycles. The molecule has 2 heterocycles. The van der Waals surface area contributed by atoms with Crippen molar-refractivity contribution in [2.75, 3.05) is 29.9 Å². The van der Waals surface area contributed by atoms with Crippen LogP contribution >= 0.6 is 0 Å². The van der Waals surface area contributed by atoms with Crippen molar-refractivity contribution in [1.82, 2.24) is 9.71 Å². The van der Waals surface area contributed by atoms with E-state index in [1.807, 2.05) is 18.2 Å². The quantitative estimate of drug-likeness (QED) is 0.775. The van der Waals surface area contributed by atoms with Gasteiger partial charge in [-0.2, -0.15) is 0 Å². The molecule has 1 fully saturated rings. The molecule has 1 saturated heterocycles. The number of aryl methyl sites for hydroxylation is 1. The molecule has 2 aromatic rings. The topological polar surface area (TPSA) is 91.4 Å². The fraction of sp³-hybridized carbons (Fsp3) is 0.400. The third-order valence-corrected chi connectivity index (χ3v) is 6.52. The van der Waals surface area contributed by atoms with Gasteiger partial charge in [0.2, 0.25) is 15.9 Å². The van der Waals surface area contributed by atoms with E-state index < -0.39 is 10.0 Å². The molecule has 0 bridgehead atoms. The number of aromatic nitrogens is 1. The van der Waals surface area contributed by atoms with Gasteiger partial charge in [-0.1, -0.05) is 6.07 Å². The first kappa shape index (κ1) is 20.3. The molecule has 0 spiro atoms. The van der Waals surface area contributed by atoms with Crippen molar-refractivity contribution in [1.29, 1.82) is 0 Å². The van der Waals surface area contributed by atoms with E-state index in [0.717, 1.165) is 31.7 Å². The Morgan fingerprint density at radius 1 is 1.21 bits per heavy atom. The minimum absolute atomic E-state index is 0.190. The molecule has 1 aliphatic heterocycles. The molecule has 1 aliphatic rings. The zero-order chi connectivity index (χ0) is 20.1. The van der Waals surface area contributed by atoms with Gasteiger partial charge in [0.05, 0.1) is 4.90 Å². The van der Waals surface area contributed by atoms with Crippen LogP contribution in [0.25, 0.3) is 0 Å². The Bertz CT molecular complexity index is 924. The standard InChI is InChI=1S/C20H26N4O3S/c1-15-13-18(23-16(2)25)6-7-19(15)28(26,27)22-14-17-8-11-24(12-9-17)20-5-3-4-10-21-20/h3-7,10,13,17,22H,8-9,11-12,14H2,1-2H3,(H,23,25). The maximum Gasteiger partial charge on any atom is 0.240 e. The summed E-state index contributed by atoms with van der Waals surface area (Å²) in [6.45, 7) is 5.30. The number of nitrogens with zero attached hydrogens (tertiary/aromatic N) is 2. The van der Waals surface area contributed by atoms with Crippen molar-refractivity contribution in [2.45, 2.75) is 31.6 Å². The van der Waals surface area contributed by atoms with Crippen molar-refractivity contribution >= 4 is 27.4 Å². The smallest absolute Gasteiger partial charge is 0.240 e. The fourth-order valence-corrected chi connectivity index (χ4v) is 4.78. The van der Waals surface area contributed by atoms with E-state index >= 15 is 0 Å². The zero-order valence-corrected chi connectivity index (χ0v) is 17.0. The minimum atomic E-state index is -3.59. The summed E-state index contributed by atoms with van der Waals surface area (Å²) >= 11 is 0. The van der Waals surface area contributed by atoms with Crippen molar-refractivity contribution in [3.63, 3.8) is 0 Å². The summed E-state index contributed by atoms with van der Waals surface area (Å²) in [7, 11) is -3.59. The van der Waals surface area contributed by atoms with Gasteiger partial charge in [0.1, 0.15) is 5.82 Å². The molecule has 0 unspecified atom stereocenters. The van der Waals surface area contributed by atoms with Gasteiger partial charge in [0.15, 0.2) is 0 Å². The predicted octanol–water partition coefficient (Wildman–Crippen LogP) is 2.54. The number of carbonyl (C=O) groups excluding carboxylic acids is 1. The minimum Gasteiger partial charge on any atom is -0.357 e. The van der Waals surface area contributed by atoms with Gasteiger partial charge in [-0.05, 0) is 61.6 Å². The molecule has 7 nitrogen and oxygen atoms in total. The van der Waals surface area contributed by atoms with E-state index in [2.05, 4.69) is 19.9 Å². The largest absolute Gasteiger partial charge is 0.357 e. The number of nitrogens with one attached hydrogen (secondary N) is 2. The molecular formula is C20H26N4O3S. The van der Waals surface area contributed by atoms with Crippen LogP contribution in [0.5, 0.6) is 0 Å². The predicted molar refractivity (Wildman–Crippen MR) is 110 cm³/mol. The average Bonchev–Trinajstić information content (AvgIpc) is 2.67. The zero-order valence-electron chi connectivity index (χ0n) is 16.2. The highest BCUT2D eigenvalue weighted by Gasteiger charge is 2.23. The van der Waals surface area contributed by atoms with Crippen LogP contribution in [0.1, 0.15) is 25.3 Å². The molecular weight excluding hydrogens is 376 g/mol. The maximum atomic E-state index is 12.7. The average molecular weight is 403 g/mol. The molecule has 150 valence electrons. The number of pyridine rings is 1. The first-order valence-electron chi connectivity index (χ1n) is 9.39. The number of carbonyl (C=O) groups is 1. The lowest BCUT2D eigenvalue weighted by atomic mass is 9.97. The molecule has 1 aromatic heterocycles. The molecule has 8 heteroatoms. The number of amides is 1. The summed E-state index contributed by atoms with van der Waals surface area (Å²) in [4.78, 5) is 18.0. The highest BCUT2D eigenvalue weighted by molar-refractivity contribution is 7.89. The van der Waals surface area contributed by atoms with E-state index in [9.17, 15) is 13.2 Å². The Kier molecular flexibility index (Phi) is 6.31. The number of sulfonamides is 1.